The number of nitrogens with two attached hydrogens (primary N) is 1. The van der Waals surface area contributed by atoms with Gasteiger partial charge < -0.3 is 10.8 Å². The molecule has 0 radical (unpaired) electrons. The summed E-state index contributed by atoms with van der Waals surface area (Å²) in [5.74, 6) is 0. The third kappa shape index (κ3) is 1.38. The average Bonchev–Trinajstić information content (AvgIpc) is 2.60. The lowest BCUT2D eigenvalue weighted by Crippen LogP contribution is -2.57. The Morgan fingerprint density at radius 1 is 1.36 bits per heavy atom. The Hall–Kier alpha value is -0.120. The Morgan fingerprint density at radius 2 is 2.07 bits per heavy atom. The van der Waals surface area contributed by atoms with Crippen molar-refractivity contribution in [3.63, 3.8) is 0 Å². The van der Waals surface area contributed by atoms with Gasteiger partial charge in [0.05, 0.1) is 5.60 Å². The van der Waals surface area contributed by atoms with Gasteiger partial charge in [-0.1, -0.05) is 0 Å². The first-order valence-corrected chi connectivity index (χ1v) is 5.69. The molecule has 2 unspecified atom stereocenters. The molecule has 1 heterocycles. The average molecular weight is 198 g/mol. The lowest BCUT2D eigenvalue weighted by molar-refractivity contribution is -0.0644. The Labute approximate surface area is 86.3 Å². The van der Waals surface area contributed by atoms with E-state index in [-0.39, 0.29) is 5.54 Å². The van der Waals surface area contributed by atoms with Crippen LogP contribution in [0.3, 0.4) is 0 Å². The minimum atomic E-state index is -0.531. The van der Waals surface area contributed by atoms with E-state index in [4.69, 9.17) is 5.73 Å². The molecule has 0 amide bonds. The standard InChI is InChI=1S/C11H22N2O/c1-10(5-3-6-11(10,2)14)13-7-4-9(12)8-13/h9,14H,3-8,12H2,1-2H3/t9-,10?,11?/m1/s1. The highest BCUT2D eigenvalue weighted by Gasteiger charge is 2.51. The fourth-order valence-electron chi connectivity index (χ4n) is 3.05. The third-order valence-corrected chi connectivity index (χ3v) is 4.41. The highest BCUT2D eigenvalue weighted by Crippen LogP contribution is 2.44. The van der Waals surface area contributed by atoms with Gasteiger partial charge in [0.25, 0.3) is 0 Å². The molecule has 2 aliphatic rings. The molecule has 0 spiro atoms. The van der Waals surface area contributed by atoms with Crippen molar-refractivity contribution in [1.29, 1.82) is 0 Å². The van der Waals surface area contributed by atoms with Gasteiger partial charge in [-0.05, 0) is 39.5 Å². The van der Waals surface area contributed by atoms with Gasteiger partial charge in [0.1, 0.15) is 0 Å². The minimum absolute atomic E-state index is 0.0406. The van der Waals surface area contributed by atoms with Crippen LogP contribution in [-0.2, 0) is 0 Å². The summed E-state index contributed by atoms with van der Waals surface area (Å²) in [6.45, 7) is 6.17. The molecule has 2 fully saturated rings. The maximum atomic E-state index is 10.4. The normalized spacial score (nSPS) is 50.1. The molecular formula is C11H22N2O. The van der Waals surface area contributed by atoms with E-state index in [9.17, 15) is 5.11 Å². The largest absolute Gasteiger partial charge is 0.388 e. The predicted octanol–water partition coefficient (Wildman–Crippen LogP) is 0.713. The minimum Gasteiger partial charge on any atom is -0.388 e. The first kappa shape index (κ1) is 10.4. The van der Waals surface area contributed by atoms with Crippen LogP contribution in [0.5, 0.6) is 0 Å². The molecule has 82 valence electrons. The summed E-state index contributed by atoms with van der Waals surface area (Å²) in [6, 6.07) is 0.309. The van der Waals surface area contributed by atoms with Crippen molar-refractivity contribution < 1.29 is 5.11 Å². The van der Waals surface area contributed by atoms with E-state index in [2.05, 4.69) is 11.8 Å². The van der Waals surface area contributed by atoms with Crippen LogP contribution in [0.25, 0.3) is 0 Å². The highest BCUT2D eigenvalue weighted by molar-refractivity contribution is 5.08. The molecule has 14 heavy (non-hydrogen) atoms. The summed E-state index contributed by atoms with van der Waals surface area (Å²) in [7, 11) is 0. The van der Waals surface area contributed by atoms with Crippen LogP contribution in [0, 0.1) is 0 Å². The fraction of sp³-hybridized carbons (Fsp3) is 1.00. The van der Waals surface area contributed by atoms with Crippen LogP contribution in [0.2, 0.25) is 0 Å². The predicted molar refractivity (Wildman–Crippen MR) is 57.0 cm³/mol. The molecule has 1 aliphatic carbocycles. The smallest absolute Gasteiger partial charge is 0.0799 e. The van der Waals surface area contributed by atoms with Gasteiger partial charge in [0.15, 0.2) is 0 Å². The van der Waals surface area contributed by atoms with Gasteiger partial charge in [-0.2, -0.15) is 0 Å². The summed E-state index contributed by atoms with van der Waals surface area (Å²) >= 11 is 0. The lowest BCUT2D eigenvalue weighted by atomic mass is 9.84. The Morgan fingerprint density at radius 3 is 2.50 bits per heavy atom. The number of aliphatic hydroxyl groups is 1. The Bertz CT molecular complexity index is 229. The van der Waals surface area contributed by atoms with Crippen LogP contribution in [0.1, 0.15) is 39.5 Å². The van der Waals surface area contributed by atoms with E-state index in [1.165, 1.54) is 0 Å². The molecule has 1 saturated heterocycles. The van der Waals surface area contributed by atoms with Crippen molar-refractivity contribution in [2.75, 3.05) is 13.1 Å². The number of rotatable bonds is 1. The molecule has 1 aliphatic heterocycles. The molecule has 0 aromatic carbocycles. The summed E-state index contributed by atoms with van der Waals surface area (Å²) < 4.78 is 0. The molecule has 3 heteroatoms. The number of hydrogen-bond donors (Lipinski definition) is 2. The maximum Gasteiger partial charge on any atom is 0.0799 e. The molecule has 1 saturated carbocycles. The van der Waals surface area contributed by atoms with E-state index in [1.54, 1.807) is 0 Å². The summed E-state index contributed by atoms with van der Waals surface area (Å²) in [4.78, 5) is 2.39. The van der Waals surface area contributed by atoms with Gasteiger partial charge in [0.2, 0.25) is 0 Å². The van der Waals surface area contributed by atoms with E-state index >= 15 is 0 Å². The van der Waals surface area contributed by atoms with Crippen molar-refractivity contribution in [2.45, 2.75) is 56.7 Å². The topological polar surface area (TPSA) is 49.5 Å². The van der Waals surface area contributed by atoms with Crippen molar-refractivity contribution in [1.82, 2.24) is 4.90 Å². The molecule has 3 N–H and O–H groups in total. The summed E-state index contributed by atoms with van der Waals surface area (Å²) in [6.07, 6.45) is 4.24. The van der Waals surface area contributed by atoms with Crippen LogP contribution >= 0.6 is 0 Å². The number of likely N-dealkylation sites (tertiary alicyclic amines) is 1. The summed E-state index contributed by atoms with van der Waals surface area (Å²) in [5, 5.41) is 10.4. The molecular weight excluding hydrogens is 176 g/mol. The van der Waals surface area contributed by atoms with Crippen molar-refractivity contribution in [3.05, 3.63) is 0 Å². The fourth-order valence-corrected chi connectivity index (χ4v) is 3.05. The molecule has 0 bridgehead atoms. The van der Waals surface area contributed by atoms with Crippen molar-refractivity contribution in [3.8, 4) is 0 Å². The molecule has 3 nitrogen and oxygen atoms in total. The zero-order chi connectivity index (χ0) is 10.4. The zero-order valence-electron chi connectivity index (χ0n) is 9.29. The second-order valence-electron chi connectivity index (χ2n) is 5.40. The highest BCUT2D eigenvalue weighted by atomic mass is 16.3. The lowest BCUT2D eigenvalue weighted by Gasteiger charge is -2.44. The van der Waals surface area contributed by atoms with Crippen molar-refractivity contribution >= 4 is 0 Å². The Kier molecular flexibility index (Phi) is 2.37. The van der Waals surface area contributed by atoms with E-state index in [1.807, 2.05) is 6.92 Å². The van der Waals surface area contributed by atoms with Crippen LogP contribution in [-0.4, -0.2) is 40.3 Å². The third-order valence-electron chi connectivity index (χ3n) is 4.41. The van der Waals surface area contributed by atoms with Gasteiger partial charge >= 0.3 is 0 Å². The van der Waals surface area contributed by atoms with Gasteiger partial charge in [-0.15, -0.1) is 0 Å². The SMILES string of the molecule is CC1(O)CCCC1(C)N1CC[C@@H](N)C1. The van der Waals surface area contributed by atoms with Gasteiger partial charge in [0, 0.05) is 24.7 Å². The van der Waals surface area contributed by atoms with Gasteiger partial charge in [-0.3, -0.25) is 4.90 Å². The monoisotopic (exact) mass is 198 g/mol. The van der Waals surface area contributed by atoms with E-state index < -0.39 is 5.60 Å². The first-order chi connectivity index (χ1) is 6.46. The molecule has 3 atom stereocenters. The zero-order valence-corrected chi connectivity index (χ0v) is 9.29. The second kappa shape index (κ2) is 3.19. The van der Waals surface area contributed by atoms with Crippen LogP contribution in [0.4, 0.5) is 0 Å². The first-order valence-electron chi connectivity index (χ1n) is 5.69. The molecule has 0 aromatic heterocycles. The van der Waals surface area contributed by atoms with E-state index in [0.29, 0.717) is 6.04 Å². The quantitative estimate of drug-likeness (QED) is 0.652. The second-order valence-corrected chi connectivity index (χ2v) is 5.40. The van der Waals surface area contributed by atoms with Crippen molar-refractivity contribution in [2.24, 2.45) is 5.73 Å². The molecule has 2 rings (SSSR count). The maximum absolute atomic E-state index is 10.4. The number of hydrogen-bond acceptors (Lipinski definition) is 3. The molecule has 0 aromatic rings. The number of nitrogens with zero attached hydrogens (tertiary/aromatic N) is 1. The van der Waals surface area contributed by atoms with Gasteiger partial charge in [-0.25, -0.2) is 0 Å². The van der Waals surface area contributed by atoms with Crippen LogP contribution in [0.15, 0.2) is 0 Å². The van der Waals surface area contributed by atoms with Crippen LogP contribution < -0.4 is 5.73 Å². The van der Waals surface area contributed by atoms with E-state index in [0.717, 1.165) is 38.8 Å². The summed E-state index contributed by atoms with van der Waals surface area (Å²) in [5.41, 5.74) is 5.35. The Balaban J connectivity index is 2.15.